The lowest BCUT2D eigenvalue weighted by molar-refractivity contribution is 0.0949. The van der Waals surface area contributed by atoms with Crippen LogP contribution in [0, 0.1) is 6.92 Å². The van der Waals surface area contributed by atoms with Gasteiger partial charge in [-0.3, -0.25) is 9.36 Å². The van der Waals surface area contributed by atoms with Gasteiger partial charge in [-0.15, -0.1) is 10.2 Å². The van der Waals surface area contributed by atoms with E-state index in [0.717, 1.165) is 30.7 Å². The van der Waals surface area contributed by atoms with Crippen molar-refractivity contribution in [2.45, 2.75) is 29.3 Å². The lowest BCUT2D eigenvalue weighted by Gasteiger charge is -2.13. The fraction of sp³-hybridized carbons (Fsp3) is 0.192. The van der Waals surface area contributed by atoms with Crippen molar-refractivity contribution in [3.8, 4) is 5.69 Å². The van der Waals surface area contributed by atoms with Gasteiger partial charge in [-0.2, -0.15) is 0 Å². The Morgan fingerprint density at radius 1 is 1.03 bits per heavy atom. The van der Waals surface area contributed by atoms with Gasteiger partial charge in [0.25, 0.3) is 5.91 Å². The van der Waals surface area contributed by atoms with Crippen LogP contribution in [0.15, 0.2) is 87.3 Å². The van der Waals surface area contributed by atoms with E-state index in [1.807, 2.05) is 47.9 Å². The standard InChI is InChI=1S/C26H26BrN5O3S2/c1-18-5-4-6-22(15-18)32-24(29-30-26(32)36-17-19-7-11-21(27)12-8-19)16-28-25(33)20-9-13-23(14-10-20)37(34,35)31(2)3/h4-15H,16-17H2,1-3H3,(H,28,33). The van der Waals surface area contributed by atoms with E-state index in [-0.39, 0.29) is 17.3 Å². The zero-order chi connectivity index (χ0) is 26.6. The van der Waals surface area contributed by atoms with Gasteiger partial charge in [-0.1, -0.05) is 52.0 Å². The molecule has 0 bridgehead atoms. The van der Waals surface area contributed by atoms with E-state index in [4.69, 9.17) is 0 Å². The Kier molecular flexibility index (Phi) is 8.48. The average molecular weight is 601 g/mol. The maximum Gasteiger partial charge on any atom is 0.251 e. The molecule has 0 unspecified atom stereocenters. The number of sulfonamides is 1. The minimum Gasteiger partial charge on any atom is -0.345 e. The number of nitrogens with one attached hydrogen (secondary N) is 1. The molecule has 0 atom stereocenters. The monoisotopic (exact) mass is 599 g/mol. The van der Waals surface area contributed by atoms with Crippen LogP contribution in [0.25, 0.3) is 5.69 Å². The van der Waals surface area contributed by atoms with Crippen molar-refractivity contribution < 1.29 is 13.2 Å². The number of amides is 1. The summed E-state index contributed by atoms with van der Waals surface area (Å²) in [5, 5.41) is 12.4. The molecule has 1 N–H and O–H groups in total. The number of hydrogen-bond donors (Lipinski definition) is 1. The van der Waals surface area contributed by atoms with Gasteiger partial charge < -0.3 is 5.32 Å². The molecule has 1 aromatic heterocycles. The Morgan fingerprint density at radius 2 is 1.73 bits per heavy atom. The first-order chi connectivity index (χ1) is 17.6. The van der Waals surface area contributed by atoms with Crippen LogP contribution in [0.5, 0.6) is 0 Å². The maximum absolute atomic E-state index is 12.8. The van der Waals surface area contributed by atoms with Gasteiger partial charge in [0.05, 0.1) is 11.4 Å². The van der Waals surface area contributed by atoms with Crippen LogP contribution in [0.1, 0.15) is 27.3 Å². The summed E-state index contributed by atoms with van der Waals surface area (Å²) < 4.78 is 28.7. The van der Waals surface area contributed by atoms with Gasteiger partial charge in [0, 0.05) is 35.6 Å². The second-order valence-corrected chi connectivity index (χ2v) is 12.5. The quantitative estimate of drug-likeness (QED) is 0.277. The Balaban J connectivity index is 1.53. The predicted octanol–water partition coefficient (Wildman–Crippen LogP) is 4.81. The number of aromatic nitrogens is 3. The van der Waals surface area contributed by atoms with Crippen LogP contribution < -0.4 is 5.32 Å². The number of aryl methyl sites for hydroxylation is 1. The molecule has 192 valence electrons. The molecule has 1 heterocycles. The molecule has 0 fully saturated rings. The molecule has 8 nitrogen and oxygen atoms in total. The molecule has 0 spiro atoms. The number of thioether (sulfide) groups is 1. The minimum absolute atomic E-state index is 0.126. The number of halogens is 1. The summed E-state index contributed by atoms with van der Waals surface area (Å²) in [4.78, 5) is 12.9. The van der Waals surface area contributed by atoms with Crippen LogP contribution >= 0.6 is 27.7 Å². The van der Waals surface area contributed by atoms with Gasteiger partial charge in [-0.25, -0.2) is 12.7 Å². The van der Waals surface area contributed by atoms with Crippen LogP contribution in [-0.2, 0) is 22.3 Å². The minimum atomic E-state index is -3.56. The van der Waals surface area contributed by atoms with Gasteiger partial charge in [0.2, 0.25) is 10.0 Å². The number of hydrogen-bond acceptors (Lipinski definition) is 6. The van der Waals surface area contributed by atoms with E-state index in [2.05, 4.69) is 43.6 Å². The van der Waals surface area contributed by atoms with Crippen molar-refractivity contribution in [2.75, 3.05) is 14.1 Å². The summed E-state index contributed by atoms with van der Waals surface area (Å²) in [6.07, 6.45) is 0. The third-order valence-corrected chi connectivity index (χ3v) is 8.90. The second-order valence-electron chi connectivity index (χ2n) is 8.48. The number of rotatable bonds is 9. The van der Waals surface area contributed by atoms with Crippen LogP contribution in [-0.4, -0.2) is 47.5 Å². The van der Waals surface area contributed by atoms with Crippen LogP contribution in [0.4, 0.5) is 0 Å². The van der Waals surface area contributed by atoms with Gasteiger partial charge in [0.1, 0.15) is 0 Å². The molecule has 11 heteroatoms. The van der Waals surface area contributed by atoms with Gasteiger partial charge in [-0.05, 0) is 66.6 Å². The third-order valence-electron chi connectivity index (χ3n) is 5.54. The molecule has 0 radical (unpaired) electrons. The lowest BCUT2D eigenvalue weighted by Crippen LogP contribution is -2.25. The summed E-state index contributed by atoms with van der Waals surface area (Å²) in [6, 6.07) is 22.0. The highest BCUT2D eigenvalue weighted by Crippen LogP contribution is 2.26. The smallest absolute Gasteiger partial charge is 0.251 e. The molecule has 37 heavy (non-hydrogen) atoms. The summed E-state index contributed by atoms with van der Waals surface area (Å²) in [6.45, 7) is 2.17. The molecule has 4 rings (SSSR count). The SMILES string of the molecule is Cc1cccc(-n2c(CNC(=O)c3ccc(S(=O)(=O)N(C)C)cc3)nnc2SCc2ccc(Br)cc2)c1. The zero-order valence-corrected chi connectivity index (χ0v) is 23.8. The fourth-order valence-corrected chi connectivity index (χ4v) is 5.61. The summed E-state index contributed by atoms with van der Waals surface area (Å²) in [7, 11) is -0.636. The fourth-order valence-electron chi connectivity index (χ4n) is 3.51. The van der Waals surface area contributed by atoms with Crippen molar-refractivity contribution in [2.24, 2.45) is 0 Å². The van der Waals surface area contributed by atoms with E-state index < -0.39 is 10.0 Å². The molecule has 1 amide bonds. The highest BCUT2D eigenvalue weighted by Gasteiger charge is 2.19. The summed E-state index contributed by atoms with van der Waals surface area (Å²) in [5.41, 5.74) is 3.51. The number of nitrogens with zero attached hydrogens (tertiary/aromatic N) is 4. The van der Waals surface area contributed by atoms with Crippen LogP contribution in [0.2, 0.25) is 0 Å². The molecule has 0 saturated carbocycles. The molecule has 0 aliphatic heterocycles. The van der Waals surface area contributed by atoms with Crippen molar-refractivity contribution >= 4 is 43.6 Å². The van der Waals surface area contributed by atoms with Gasteiger partial charge in [0.15, 0.2) is 11.0 Å². The Labute approximate surface area is 229 Å². The first kappa shape index (κ1) is 27.1. The molecule has 0 aliphatic carbocycles. The van der Waals surface area contributed by atoms with E-state index in [9.17, 15) is 13.2 Å². The zero-order valence-electron chi connectivity index (χ0n) is 20.6. The molecular weight excluding hydrogens is 574 g/mol. The van der Waals surface area contributed by atoms with Crippen molar-refractivity contribution in [1.29, 1.82) is 0 Å². The Morgan fingerprint density at radius 3 is 2.38 bits per heavy atom. The van der Waals surface area contributed by atoms with Crippen molar-refractivity contribution in [3.05, 3.63) is 99.8 Å². The molecular formula is C26H26BrN5O3S2. The van der Waals surface area contributed by atoms with Crippen molar-refractivity contribution in [3.63, 3.8) is 0 Å². The third kappa shape index (κ3) is 6.48. The summed E-state index contributed by atoms with van der Waals surface area (Å²) >= 11 is 5.03. The van der Waals surface area contributed by atoms with Crippen LogP contribution in [0.3, 0.4) is 0 Å². The summed E-state index contributed by atoms with van der Waals surface area (Å²) in [5.74, 6) is 0.965. The van der Waals surface area contributed by atoms with E-state index in [0.29, 0.717) is 17.1 Å². The highest BCUT2D eigenvalue weighted by atomic mass is 79.9. The largest absolute Gasteiger partial charge is 0.345 e. The molecule has 0 saturated heterocycles. The number of carbonyl (C=O) groups excluding carboxylic acids is 1. The number of benzene rings is 3. The highest BCUT2D eigenvalue weighted by molar-refractivity contribution is 9.10. The first-order valence-corrected chi connectivity index (χ1v) is 14.6. The maximum atomic E-state index is 12.8. The van der Waals surface area contributed by atoms with Gasteiger partial charge >= 0.3 is 0 Å². The second kappa shape index (κ2) is 11.6. The van der Waals surface area contributed by atoms with Crippen molar-refractivity contribution in [1.82, 2.24) is 24.4 Å². The van der Waals surface area contributed by atoms with E-state index in [1.54, 1.807) is 11.8 Å². The first-order valence-electron chi connectivity index (χ1n) is 11.3. The van der Waals surface area contributed by atoms with E-state index >= 15 is 0 Å². The average Bonchev–Trinajstić information content (AvgIpc) is 3.29. The molecule has 3 aromatic carbocycles. The molecule has 4 aromatic rings. The number of carbonyl (C=O) groups is 1. The predicted molar refractivity (Wildman–Crippen MR) is 148 cm³/mol. The van der Waals surface area contributed by atoms with E-state index in [1.165, 1.54) is 38.4 Å². The topological polar surface area (TPSA) is 97.2 Å². The Hall–Kier alpha value is -2.99. The lowest BCUT2D eigenvalue weighted by atomic mass is 10.2. The molecule has 0 aliphatic rings. The normalized spacial score (nSPS) is 11.6. The Bertz CT molecular complexity index is 1500.